The lowest BCUT2D eigenvalue weighted by molar-refractivity contribution is -0.148. The monoisotopic (exact) mass is 397 g/mol. The zero-order chi connectivity index (χ0) is 21.1. The Balaban J connectivity index is 1.69. The lowest BCUT2D eigenvalue weighted by Crippen LogP contribution is -2.31. The zero-order valence-corrected chi connectivity index (χ0v) is 16.9. The molecule has 0 aliphatic rings. The number of amides is 1. The second-order valence-corrected chi connectivity index (χ2v) is 6.66. The fourth-order valence-corrected chi connectivity index (χ4v) is 2.64. The van der Waals surface area contributed by atoms with Gasteiger partial charge < -0.3 is 14.8 Å². The summed E-state index contributed by atoms with van der Waals surface area (Å²) in [6.07, 6.45) is 0.858. The highest BCUT2D eigenvalue weighted by Gasteiger charge is 2.14. The minimum atomic E-state index is -0.580. The number of hydrogen-bond acceptors (Lipinski definition) is 5. The quantitative estimate of drug-likeness (QED) is 0.460. The largest absolute Gasteiger partial charge is 0.494 e. The summed E-state index contributed by atoms with van der Waals surface area (Å²) in [7, 11) is 0. The fraction of sp³-hybridized carbons (Fsp3) is 0.348. The van der Waals surface area contributed by atoms with Crippen LogP contribution in [0.1, 0.15) is 55.1 Å². The van der Waals surface area contributed by atoms with E-state index in [0.717, 1.165) is 12.0 Å². The topological polar surface area (TPSA) is 81.7 Å². The second-order valence-electron chi connectivity index (χ2n) is 6.66. The number of esters is 1. The minimum Gasteiger partial charge on any atom is -0.494 e. The Bertz CT molecular complexity index is 802. The fourth-order valence-electron chi connectivity index (χ4n) is 2.64. The van der Waals surface area contributed by atoms with Gasteiger partial charge in [0.15, 0.2) is 12.4 Å². The maximum Gasteiger partial charge on any atom is 0.306 e. The SMILES string of the molecule is CCCOc1ccc(C(=O)CCC(=O)OCC(=O)N[C@H](C)c2ccccc2)cc1. The van der Waals surface area contributed by atoms with Crippen molar-refractivity contribution >= 4 is 17.7 Å². The van der Waals surface area contributed by atoms with Crippen LogP contribution in [0.5, 0.6) is 5.75 Å². The summed E-state index contributed by atoms with van der Waals surface area (Å²) in [5.74, 6) is -0.419. The number of hydrogen-bond donors (Lipinski definition) is 1. The first kappa shape index (κ1) is 22.1. The molecule has 0 bridgehead atoms. The van der Waals surface area contributed by atoms with E-state index >= 15 is 0 Å². The molecular weight excluding hydrogens is 370 g/mol. The molecule has 0 unspecified atom stereocenters. The van der Waals surface area contributed by atoms with E-state index in [0.29, 0.717) is 17.9 Å². The molecule has 2 aromatic carbocycles. The van der Waals surface area contributed by atoms with Crippen molar-refractivity contribution in [3.63, 3.8) is 0 Å². The molecule has 6 nitrogen and oxygen atoms in total. The molecular formula is C23H27NO5. The number of carbonyl (C=O) groups is 3. The van der Waals surface area contributed by atoms with Gasteiger partial charge in [0.1, 0.15) is 5.75 Å². The zero-order valence-electron chi connectivity index (χ0n) is 16.9. The van der Waals surface area contributed by atoms with Crippen molar-refractivity contribution in [2.24, 2.45) is 0 Å². The number of carbonyl (C=O) groups excluding carboxylic acids is 3. The molecule has 6 heteroatoms. The molecule has 29 heavy (non-hydrogen) atoms. The van der Waals surface area contributed by atoms with Crippen molar-refractivity contribution < 1.29 is 23.9 Å². The van der Waals surface area contributed by atoms with Crippen molar-refractivity contribution in [2.45, 2.75) is 39.2 Å². The van der Waals surface area contributed by atoms with Gasteiger partial charge in [0, 0.05) is 12.0 Å². The van der Waals surface area contributed by atoms with Gasteiger partial charge in [-0.05, 0) is 43.2 Å². The molecule has 0 heterocycles. The highest BCUT2D eigenvalue weighted by molar-refractivity contribution is 5.97. The minimum absolute atomic E-state index is 0.0238. The Kier molecular flexibility index (Phi) is 8.89. The summed E-state index contributed by atoms with van der Waals surface area (Å²) in [4.78, 5) is 36.0. The number of ketones is 1. The van der Waals surface area contributed by atoms with Crippen molar-refractivity contribution in [3.05, 3.63) is 65.7 Å². The lowest BCUT2D eigenvalue weighted by Gasteiger charge is -2.14. The summed E-state index contributed by atoms with van der Waals surface area (Å²) in [5.41, 5.74) is 1.47. The molecule has 0 fully saturated rings. The number of Topliss-reactive ketones (excluding diaryl/α,β-unsaturated/α-hetero) is 1. The van der Waals surface area contributed by atoms with Crippen molar-refractivity contribution in [2.75, 3.05) is 13.2 Å². The van der Waals surface area contributed by atoms with Gasteiger partial charge in [-0.25, -0.2) is 0 Å². The Morgan fingerprint density at radius 1 is 0.966 bits per heavy atom. The summed E-state index contributed by atoms with van der Waals surface area (Å²) >= 11 is 0. The Hall–Kier alpha value is -3.15. The van der Waals surface area contributed by atoms with Crippen LogP contribution in [0.4, 0.5) is 0 Å². The molecule has 0 saturated heterocycles. The molecule has 1 amide bonds. The van der Waals surface area contributed by atoms with Gasteiger partial charge in [-0.2, -0.15) is 0 Å². The molecule has 0 aliphatic heterocycles. The second kappa shape index (κ2) is 11.6. The first-order valence-corrected chi connectivity index (χ1v) is 9.75. The third-order valence-corrected chi connectivity index (χ3v) is 4.25. The van der Waals surface area contributed by atoms with E-state index in [1.165, 1.54) is 0 Å². The van der Waals surface area contributed by atoms with E-state index < -0.39 is 5.97 Å². The predicted molar refractivity (Wildman–Crippen MR) is 110 cm³/mol. The molecule has 1 atom stereocenters. The van der Waals surface area contributed by atoms with E-state index in [4.69, 9.17) is 9.47 Å². The first-order valence-electron chi connectivity index (χ1n) is 9.75. The van der Waals surface area contributed by atoms with Crippen LogP contribution in [-0.2, 0) is 14.3 Å². The van der Waals surface area contributed by atoms with Crippen LogP contribution in [0.15, 0.2) is 54.6 Å². The highest BCUT2D eigenvalue weighted by Crippen LogP contribution is 2.15. The van der Waals surface area contributed by atoms with E-state index in [2.05, 4.69) is 5.32 Å². The molecule has 2 aromatic rings. The summed E-state index contributed by atoms with van der Waals surface area (Å²) < 4.78 is 10.4. The van der Waals surface area contributed by atoms with Crippen LogP contribution in [0, 0.1) is 0 Å². The van der Waals surface area contributed by atoms with Gasteiger partial charge in [0.05, 0.1) is 19.1 Å². The number of nitrogens with one attached hydrogen (secondary N) is 1. The molecule has 1 N–H and O–H groups in total. The molecule has 2 rings (SSSR count). The average Bonchev–Trinajstić information content (AvgIpc) is 2.75. The molecule has 0 aromatic heterocycles. The normalized spacial score (nSPS) is 11.4. The average molecular weight is 397 g/mol. The molecule has 0 saturated carbocycles. The van der Waals surface area contributed by atoms with E-state index in [9.17, 15) is 14.4 Å². The van der Waals surface area contributed by atoms with Gasteiger partial charge in [-0.3, -0.25) is 14.4 Å². The van der Waals surface area contributed by atoms with Gasteiger partial charge >= 0.3 is 5.97 Å². The first-order chi connectivity index (χ1) is 14.0. The third kappa shape index (κ3) is 7.78. The third-order valence-electron chi connectivity index (χ3n) is 4.25. The van der Waals surface area contributed by atoms with E-state index in [1.54, 1.807) is 24.3 Å². The lowest BCUT2D eigenvalue weighted by atomic mass is 10.1. The van der Waals surface area contributed by atoms with Crippen LogP contribution >= 0.6 is 0 Å². The van der Waals surface area contributed by atoms with Gasteiger partial charge in [-0.1, -0.05) is 37.3 Å². The summed E-state index contributed by atoms with van der Waals surface area (Å²) in [6.45, 7) is 4.13. The summed E-state index contributed by atoms with van der Waals surface area (Å²) in [6, 6.07) is 16.1. The number of benzene rings is 2. The Morgan fingerprint density at radius 2 is 1.66 bits per heavy atom. The van der Waals surface area contributed by atoms with E-state index in [1.807, 2.05) is 44.2 Å². The van der Waals surface area contributed by atoms with Crippen molar-refractivity contribution in [1.82, 2.24) is 5.32 Å². The van der Waals surface area contributed by atoms with Gasteiger partial charge in [-0.15, -0.1) is 0 Å². The van der Waals surface area contributed by atoms with E-state index in [-0.39, 0.29) is 37.2 Å². The maximum atomic E-state index is 12.2. The van der Waals surface area contributed by atoms with Crippen molar-refractivity contribution in [3.8, 4) is 5.75 Å². The standard InChI is InChI=1S/C23H27NO5/c1-3-15-28-20-11-9-19(10-12-20)21(25)13-14-23(27)29-16-22(26)24-17(2)18-7-5-4-6-8-18/h4-12,17H,3,13-16H2,1-2H3,(H,24,26)/t17-/m1/s1. The predicted octanol–water partition coefficient (Wildman–Crippen LogP) is 3.86. The van der Waals surface area contributed by atoms with Gasteiger partial charge in [0.2, 0.25) is 0 Å². The molecule has 0 radical (unpaired) electrons. The molecule has 154 valence electrons. The van der Waals surface area contributed by atoms with Crippen LogP contribution in [-0.4, -0.2) is 30.9 Å². The van der Waals surface area contributed by atoms with Crippen LogP contribution in [0.2, 0.25) is 0 Å². The number of rotatable bonds is 11. The van der Waals surface area contributed by atoms with Crippen LogP contribution in [0.25, 0.3) is 0 Å². The Morgan fingerprint density at radius 3 is 2.31 bits per heavy atom. The highest BCUT2D eigenvalue weighted by atomic mass is 16.5. The maximum absolute atomic E-state index is 12.2. The van der Waals surface area contributed by atoms with Crippen LogP contribution in [0.3, 0.4) is 0 Å². The smallest absolute Gasteiger partial charge is 0.306 e. The summed E-state index contributed by atoms with van der Waals surface area (Å²) in [5, 5.41) is 2.77. The Labute approximate surface area is 171 Å². The molecule has 0 spiro atoms. The van der Waals surface area contributed by atoms with Crippen molar-refractivity contribution in [1.29, 1.82) is 0 Å². The molecule has 0 aliphatic carbocycles. The number of ether oxygens (including phenoxy) is 2. The van der Waals surface area contributed by atoms with Gasteiger partial charge in [0.25, 0.3) is 5.91 Å². The van der Waals surface area contributed by atoms with Crippen LogP contribution < -0.4 is 10.1 Å².